The van der Waals surface area contributed by atoms with Gasteiger partial charge in [0.25, 0.3) is 0 Å². The van der Waals surface area contributed by atoms with Crippen LogP contribution in [0.25, 0.3) is 5.69 Å². The fourth-order valence-electron chi connectivity index (χ4n) is 1.95. The average Bonchev–Trinajstić information content (AvgIpc) is 2.82. The SMILES string of the molecule is Cc1nccn1-c1ccc(F)cc1CNC(=O)C(C)C. The Morgan fingerprint density at radius 3 is 2.80 bits per heavy atom. The van der Waals surface area contributed by atoms with E-state index in [1.165, 1.54) is 12.1 Å². The quantitative estimate of drug-likeness (QED) is 0.932. The van der Waals surface area contributed by atoms with Crippen LogP contribution in [0.2, 0.25) is 0 Å². The second-order valence-corrected chi connectivity index (χ2v) is 4.99. The second kappa shape index (κ2) is 5.86. The highest BCUT2D eigenvalue weighted by Crippen LogP contribution is 2.18. The Bertz CT molecular complexity index is 619. The minimum absolute atomic E-state index is 0.0532. The lowest BCUT2D eigenvalue weighted by Gasteiger charge is -2.14. The normalized spacial score (nSPS) is 10.8. The minimum Gasteiger partial charge on any atom is -0.352 e. The molecule has 0 aliphatic heterocycles. The third kappa shape index (κ3) is 3.04. The van der Waals surface area contributed by atoms with Crippen LogP contribution in [0.4, 0.5) is 4.39 Å². The van der Waals surface area contributed by atoms with Gasteiger partial charge in [0.15, 0.2) is 0 Å². The highest BCUT2D eigenvalue weighted by atomic mass is 19.1. The van der Waals surface area contributed by atoms with Gasteiger partial charge in [-0.2, -0.15) is 0 Å². The number of halogens is 1. The number of amides is 1. The van der Waals surface area contributed by atoms with Gasteiger partial charge < -0.3 is 9.88 Å². The van der Waals surface area contributed by atoms with E-state index >= 15 is 0 Å². The number of imidazole rings is 1. The van der Waals surface area contributed by atoms with Crippen molar-refractivity contribution in [2.24, 2.45) is 5.92 Å². The monoisotopic (exact) mass is 275 g/mol. The number of hydrogen-bond acceptors (Lipinski definition) is 2. The lowest BCUT2D eigenvalue weighted by Crippen LogP contribution is -2.27. The van der Waals surface area contributed by atoms with Crippen LogP contribution in [0, 0.1) is 18.7 Å². The summed E-state index contributed by atoms with van der Waals surface area (Å²) in [5.74, 6) is 0.345. The van der Waals surface area contributed by atoms with Crippen molar-refractivity contribution in [1.29, 1.82) is 0 Å². The van der Waals surface area contributed by atoms with E-state index < -0.39 is 0 Å². The Morgan fingerprint density at radius 2 is 2.20 bits per heavy atom. The van der Waals surface area contributed by atoms with Crippen molar-refractivity contribution in [3.05, 3.63) is 47.8 Å². The summed E-state index contributed by atoms with van der Waals surface area (Å²) in [4.78, 5) is 15.8. The van der Waals surface area contributed by atoms with E-state index in [4.69, 9.17) is 0 Å². The van der Waals surface area contributed by atoms with Crippen molar-refractivity contribution in [3.63, 3.8) is 0 Å². The molecule has 0 fully saturated rings. The molecule has 0 saturated heterocycles. The Balaban J connectivity index is 2.30. The molecule has 0 aliphatic rings. The van der Waals surface area contributed by atoms with E-state index in [1.807, 2.05) is 31.5 Å². The molecule has 0 bridgehead atoms. The molecule has 0 spiro atoms. The van der Waals surface area contributed by atoms with E-state index in [9.17, 15) is 9.18 Å². The van der Waals surface area contributed by atoms with Crippen LogP contribution < -0.4 is 5.32 Å². The van der Waals surface area contributed by atoms with Gasteiger partial charge in [0.05, 0.1) is 5.69 Å². The number of benzene rings is 1. The number of aromatic nitrogens is 2. The van der Waals surface area contributed by atoms with Gasteiger partial charge >= 0.3 is 0 Å². The van der Waals surface area contributed by atoms with Crippen molar-refractivity contribution >= 4 is 5.91 Å². The topological polar surface area (TPSA) is 46.9 Å². The van der Waals surface area contributed by atoms with E-state index in [-0.39, 0.29) is 17.6 Å². The maximum Gasteiger partial charge on any atom is 0.222 e. The molecule has 1 N–H and O–H groups in total. The molecule has 20 heavy (non-hydrogen) atoms. The fraction of sp³-hybridized carbons (Fsp3) is 0.333. The molecule has 5 heteroatoms. The number of aryl methyl sites for hydroxylation is 1. The molecule has 1 heterocycles. The Morgan fingerprint density at radius 1 is 1.45 bits per heavy atom. The fourth-order valence-corrected chi connectivity index (χ4v) is 1.95. The summed E-state index contributed by atoms with van der Waals surface area (Å²) in [5, 5.41) is 2.81. The maximum absolute atomic E-state index is 13.4. The summed E-state index contributed by atoms with van der Waals surface area (Å²) in [6.45, 7) is 5.81. The van der Waals surface area contributed by atoms with Crippen LogP contribution in [-0.4, -0.2) is 15.5 Å². The van der Waals surface area contributed by atoms with Gasteiger partial charge in [-0.15, -0.1) is 0 Å². The summed E-state index contributed by atoms with van der Waals surface area (Å²) in [7, 11) is 0. The predicted molar refractivity (Wildman–Crippen MR) is 74.9 cm³/mol. The second-order valence-electron chi connectivity index (χ2n) is 4.99. The van der Waals surface area contributed by atoms with Crippen molar-refractivity contribution in [2.45, 2.75) is 27.3 Å². The van der Waals surface area contributed by atoms with Crippen LogP contribution >= 0.6 is 0 Å². The zero-order valence-electron chi connectivity index (χ0n) is 11.9. The molecule has 1 amide bonds. The van der Waals surface area contributed by atoms with E-state index in [0.29, 0.717) is 6.54 Å². The van der Waals surface area contributed by atoms with Crippen LogP contribution in [0.3, 0.4) is 0 Å². The third-order valence-corrected chi connectivity index (χ3v) is 3.10. The number of carbonyl (C=O) groups excluding carboxylic acids is 1. The predicted octanol–water partition coefficient (Wildman–Crippen LogP) is 2.59. The standard InChI is InChI=1S/C15H18FN3O/c1-10(2)15(20)18-9-12-8-13(16)4-5-14(12)19-7-6-17-11(19)3/h4-8,10H,9H2,1-3H3,(H,18,20). The van der Waals surface area contributed by atoms with E-state index in [0.717, 1.165) is 17.1 Å². The van der Waals surface area contributed by atoms with E-state index in [1.54, 1.807) is 12.3 Å². The molecule has 0 aliphatic carbocycles. The van der Waals surface area contributed by atoms with Crippen LogP contribution in [-0.2, 0) is 11.3 Å². The molecular formula is C15H18FN3O. The number of rotatable bonds is 4. The summed E-state index contributed by atoms with van der Waals surface area (Å²) in [6.07, 6.45) is 3.51. The van der Waals surface area contributed by atoms with Crippen molar-refractivity contribution in [2.75, 3.05) is 0 Å². The van der Waals surface area contributed by atoms with Crippen molar-refractivity contribution in [1.82, 2.24) is 14.9 Å². The van der Waals surface area contributed by atoms with Crippen molar-refractivity contribution in [3.8, 4) is 5.69 Å². The Hall–Kier alpha value is -2.17. The van der Waals surface area contributed by atoms with Gasteiger partial charge in [-0.25, -0.2) is 9.37 Å². The Labute approximate surface area is 117 Å². The first kappa shape index (κ1) is 14.2. The average molecular weight is 275 g/mol. The molecule has 2 aromatic rings. The number of carbonyl (C=O) groups is 1. The van der Waals surface area contributed by atoms with E-state index in [2.05, 4.69) is 10.3 Å². The lowest BCUT2D eigenvalue weighted by molar-refractivity contribution is -0.124. The van der Waals surface area contributed by atoms with Gasteiger partial charge in [0.2, 0.25) is 5.91 Å². The smallest absolute Gasteiger partial charge is 0.222 e. The summed E-state index contributed by atoms with van der Waals surface area (Å²) >= 11 is 0. The molecule has 1 aromatic heterocycles. The maximum atomic E-state index is 13.4. The van der Waals surface area contributed by atoms with Gasteiger partial charge in [0, 0.05) is 24.9 Å². The van der Waals surface area contributed by atoms with Gasteiger partial charge in [0.1, 0.15) is 11.6 Å². The molecule has 0 atom stereocenters. The van der Waals surface area contributed by atoms with Gasteiger partial charge in [-0.05, 0) is 30.7 Å². The highest BCUT2D eigenvalue weighted by Gasteiger charge is 2.11. The van der Waals surface area contributed by atoms with Gasteiger partial charge in [-0.3, -0.25) is 4.79 Å². The molecule has 1 aromatic carbocycles. The van der Waals surface area contributed by atoms with Crippen LogP contribution in [0.1, 0.15) is 25.2 Å². The largest absolute Gasteiger partial charge is 0.352 e. The first-order valence-electron chi connectivity index (χ1n) is 6.55. The van der Waals surface area contributed by atoms with Crippen molar-refractivity contribution < 1.29 is 9.18 Å². The molecule has 0 unspecified atom stereocenters. The first-order chi connectivity index (χ1) is 9.49. The number of nitrogens with zero attached hydrogens (tertiary/aromatic N) is 2. The summed E-state index contributed by atoms with van der Waals surface area (Å²) in [6, 6.07) is 4.54. The minimum atomic E-state index is -0.319. The molecule has 4 nitrogen and oxygen atoms in total. The zero-order chi connectivity index (χ0) is 14.7. The lowest BCUT2D eigenvalue weighted by atomic mass is 10.1. The third-order valence-electron chi connectivity index (χ3n) is 3.10. The van der Waals surface area contributed by atoms with Gasteiger partial charge in [-0.1, -0.05) is 13.8 Å². The molecule has 0 saturated carbocycles. The summed E-state index contributed by atoms with van der Waals surface area (Å²) in [5.41, 5.74) is 1.55. The molecular weight excluding hydrogens is 257 g/mol. The zero-order valence-corrected chi connectivity index (χ0v) is 11.9. The Kier molecular flexibility index (Phi) is 4.17. The first-order valence-corrected chi connectivity index (χ1v) is 6.55. The number of nitrogens with one attached hydrogen (secondary N) is 1. The van der Waals surface area contributed by atoms with Crippen LogP contribution in [0.15, 0.2) is 30.6 Å². The highest BCUT2D eigenvalue weighted by molar-refractivity contribution is 5.77. The number of hydrogen-bond donors (Lipinski definition) is 1. The summed E-state index contributed by atoms with van der Waals surface area (Å²) < 4.78 is 15.3. The molecule has 0 radical (unpaired) electrons. The molecule has 106 valence electrons. The molecule has 2 rings (SSSR count). The van der Waals surface area contributed by atoms with Crippen LogP contribution in [0.5, 0.6) is 0 Å².